The van der Waals surface area contributed by atoms with Crippen LogP contribution in [0.25, 0.3) is 0 Å². The Kier molecular flexibility index (Phi) is 4.74. The Morgan fingerprint density at radius 1 is 1.30 bits per heavy atom. The lowest BCUT2D eigenvalue weighted by Crippen LogP contribution is -2.44. The lowest BCUT2D eigenvalue weighted by atomic mass is 9.81. The third kappa shape index (κ3) is 2.91. The van der Waals surface area contributed by atoms with Crippen molar-refractivity contribution in [2.24, 2.45) is 5.92 Å². The molecule has 2 aliphatic rings. The first-order valence-electron chi connectivity index (χ1n) is 8.29. The first-order valence-corrected chi connectivity index (χ1v) is 8.29. The highest BCUT2D eigenvalue weighted by molar-refractivity contribution is 5.36. The Bertz CT molecular complexity index is 425. The van der Waals surface area contributed by atoms with Crippen LogP contribution in [0.5, 0.6) is 0 Å². The van der Waals surface area contributed by atoms with Crippen molar-refractivity contribution in [1.82, 2.24) is 5.32 Å². The Hall–Kier alpha value is -0.860. The SMILES string of the molecule is CCCNC(C1CCCOC1)C1CCc2ccccc21. The molecule has 1 fully saturated rings. The van der Waals surface area contributed by atoms with E-state index in [1.807, 2.05) is 0 Å². The third-order valence-corrected chi connectivity index (χ3v) is 4.95. The van der Waals surface area contributed by atoms with Crippen LogP contribution in [0.1, 0.15) is 49.7 Å². The van der Waals surface area contributed by atoms with Crippen LogP contribution in [0.3, 0.4) is 0 Å². The van der Waals surface area contributed by atoms with Gasteiger partial charge >= 0.3 is 0 Å². The van der Waals surface area contributed by atoms with Gasteiger partial charge in [0.25, 0.3) is 0 Å². The largest absolute Gasteiger partial charge is 0.381 e. The number of hydrogen-bond acceptors (Lipinski definition) is 2. The maximum atomic E-state index is 5.75. The topological polar surface area (TPSA) is 21.3 Å². The number of hydrogen-bond donors (Lipinski definition) is 1. The van der Waals surface area contributed by atoms with Crippen molar-refractivity contribution in [3.63, 3.8) is 0 Å². The quantitative estimate of drug-likeness (QED) is 0.886. The maximum absolute atomic E-state index is 5.75. The molecule has 1 aliphatic carbocycles. The molecule has 1 aromatic carbocycles. The summed E-state index contributed by atoms with van der Waals surface area (Å²) in [5, 5.41) is 3.84. The van der Waals surface area contributed by atoms with Gasteiger partial charge in [-0.15, -0.1) is 0 Å². The van der Waals surface area contributed by atoms with Crippen molar-refractivity contribution >= 4 is 0 Å². The summed E-state index contributed by atoms with van der Waals surface area (Å²) in [6.07, 6.45) is 6.30. The molecule has 0 bridgehead atoms. The van der Waals surface area contributed by atoms with Crippen molar-refractivity contribution in [3.8, 4) is 0 Å². The Morgan fingerprint density at radius 2 is 2.20 bits per heavy atom. The summed E-state index contributed by atoms with van der Waals surface area (Å²) in [6, 6.07) is 9.63. The minimum Gasteiger partial charge on any atom is -0.381 e. The Morgan fingerprint density at radius 3 is 3.00 bits per heavy atom. The van der Waals surface area contributed by atoms with E-state index >= 15 is 0 Å². The van der Waals surface area contributed by atoms with Crippen molar-refractivity contribution in [2.45, 2.75) is 51.0 Å². The molecule has 20 heavy (non-hydrogen) atoms. The summed E-state index contributed by atoms with van der Waals surface area (Å²) in [5.74, 6) is 1.37. The predicted octanol–water partition coefficient (Wildman–Crippen LogP) is 3.51. The number of benzene rings is 1. The molecule has 3 rings (SSSR count). The molecule has 1 heterocycles. The summed E-state index contributed by atoms with van der Waals surface area (Å²) in [6.45, 7) is 5.28. The minimum atomic E-state index is 0.596. The zero-order valence-corrected chi connectivity index (χ0v) is 12.6. The fourth-order valence-electron chi connectivity index (χ4n) is 3.96. The highest BCUT2D eigenvalue weighted by Crippen LogP contribution is 2.39. The summed E-state index contributed by atoms with van der Waals surface area (Å²) in [4.78, 5) is 0. The molecule has 110 valence electrons. The average Bonchev–Trinajstić information content (AvgIpc) is 2.93. The van der Waals surface area contributed by atoms with E-state index < -0.39 is 0 Å². The standard InChI is InChI=1S/C18H27NO/c1-2-11-19-18(15-7-5-12-20-13-15)17-10-9-14-6-3-4-8-16(14)17/h3-4,6,8,15,17-19H,2,5,7,9-13H2,1H3. The number of ether oxygens (including phenoxy) is 1. The number of aryl methyl sites for hydroxylation is 1. The molecule has 0 saturated carbocycles. The number of fused-ring (bicyclic) bond motifs is 1. The van der Waals surface area contributed by atoms with Crippen molar-refractivity contribution in [1.29, 1.82) is 0 Å². The maximum Gasteiger partial charge on any atom is 0.0509 e. The molecular formula is C18H27NO. The van der Waals surface area contributed by atoms with Gasteiger partial charge < -0.3 is 10.1 Å². The highest BCUT2D eigenvalue weighted by Gasteiger charge is 2.34. The lowest BCUT2D eigenvalue weighted by Gasteiger charge is -2.35. The van der Waals surface area contributed by atoms with Crippen LogP contribution in [0.2, 0.25) is 0 Å². The molecule has 0 radical (unpaired) electrons. The summed E-state index contributed by atoms with van der Waals surface area (Å²) < 4.78 is 5.75. The fourth-order valence-corrected chi connectivity index (χ4v) is 3.96. The first kappa shape index (κ1) is 14.1. The van der Waals surface area contributed by atoms with Crippen LogP contribution in [-0.2, 0) is 11.2 Å². The number of rotatable bonds is 5. The smallest absolute Gasteiger partial charge is 0.0509 e. The Labute approximate surface area is 122 Å². The van der Waals surface area contributed by atoms with Gasteiger partial charge in [0.1, 0.15) is 0 Å². The molecule has 1 N–H and O–H groups in total. The average molecular weight is 273 g/mol. The third-order valence-electron chi connectivity index (χ3n) is 4.95. The summed E-state index contributed by atoms with van der Waals surface area (Å²) in [7, 11) is 0. The van der Waals surface area contributed by atoms with E-state index in [0.717, 1.165) is 19.8 Å². The molecule has 0 amide bonds. The molecule has 3 unspecified atom stereocenters. The van der Waals surface area contributed by atoms with Gasteiger partial charge in [-0.05, 0) is 55.7 Å². The van der Waals surface area contributed by atoms with Crippen molar-refractivity contribution < 1.29 is 4.74 Å². The molecule has 2 nitrogen and oxygen atoms in total. The van der Waals surface area contributed by atoms with E-state index in [0.29, 0.717) is 17.9 Å². The first-order chi connectivity index (χ1) is 9.90. The molecule has 0 spiro atoms. The molecule has 1 saturated heterocycles. The Balaban J connectivity index is 1.78. The zero-order chi connectivity index (χ0) is 13.8. The van der Waals surface area contributed by atoms with E-state index in [1.54, 1.807) is 11.1 Å². The van der Waals surface area contributed by atoms with Gasteiger partial charge in [0.15, 0.2) is 0 Å². The van der Waals surface area contributed by atoms with Gasteiger partial charge in [-0.1, -0.05) is 31.2 Å². The van der Waals surface area contributed by atoms with Crippen molar-refractivity contribution in [2.75, 3.05) is 19.8 Å². The second-order valence-corrected chi connectivity index (χ2v) is 6.30. The second-order valence-electron chi connectivity index (χ2n) is 6.30. The molecule has 1 aliphatic heterocycles. The van der Waals surface area contributed by atoms with E-state index in [2.05, 4.69) is 36.5 Å². The van der Waals surface area contributed by atoms with Crippen LogP contribution < -0.4 is 5.32 Å². The molecular weight excluding hydrogens is 246 g/mol. The normalized spacial score (nSPS) is 27.2. The van der Waals surface area contributed by atoms with Crippen LogP contribution >= 0.6 is 0 Å². The van der Waals surface area contributed by atoms with Gasteiger partial charge in [-0.25, -0.2) is 0 Å². The minimum absolute atomic E-state index is 0.596. The summed E-state index contributed by atoms with van der Waals surface area (Å²) in [5.41, 5.74) is 3.16. The zero-order valence-electron chi connectivity index (χ0n) is 12.6. The lowest BCUT2D eigenvalue weighted by molar-refractivity contribution is 0.0347. The predicted molar refractivity (Wildman–Crippen MR) is 83.1 cm³/mol. The molecule has 0 aromatic heterocycles. The monoisotopic (exact) mass is 273 g/mol. The van der Waals surface area contributed by atoms with Gasteiger partial charge in [-0.2, -0.15) is 0 Å². The van der Waals surface area contributed by atoms with E-state index in [-0.39, 0.29) is 0 Å². The second kappa shape index (κ2) is 6.73. The van der Waals surface area contributed by atoms with Gasteiger partial charge in [0.2, 0.25) is 0 Å². The van der Waals surface area contributed by atoms with E-state index in [4.69, 9.17) is 4.74 Å². The van der Waals surface area contributed by atoms with Gasteiger partial charge in [0, 0.05) is 18.6 Å². The van der Waals surface area contributed by atoms with Crippen LogP contribution in [-0.4, -0.2) is 25.8 Å². The summed E-state index contributed by atoms with van der Waals surface area (Å²) >= 11 is 0. The highest BCUT2D eigenvalue weighted by atomic mass is 16.5. The fraction of sp³-hybridized carbons (Fsp3) is 0.667. The molecule has 2 heteroatoms. The van der Waals surface area contributed by atoms with Crippen LogP contribution in [0, 0.1) is 5.92 Å². The number of nitrogens with one attached hydrogen (secondary N) is 1. The molecule has 1 aromatic rings. The van der Waals surface area contributed by atoms with Crippen molar-refractivity contribution in [3.05, 3.63) is 35.4 Å². The van der Waals surface area contributed by atoms with E-state index in [1.165, 1.54) is 32.1 Å². The molecule has 3 atom stereocenters. The van der Waals surface area contributed by atoms with Gasteiger partial charge in [0.05, 0.1) is 6.61 Å². The van der Waals surface area contributed by atoms with Crippen LogP contribution in [0.15, 0.2) is 24.3 Å². The van der Waals surface area contributed by atoms with Gasteiger partial charge in [-0.3, -0.25) is 0 Å². The van der Waals surface area contributed by atoms with Crippen LogP contribution in [0.4, 0.5) is 0 Å². The van der Waals surface area contributed by atoms with E-state index in [9.17, 15) is 0 Å².